The summed E-state index contributed by atoms with van der Waals surface area (Å²) in [6.45, 7) is 6.62. The lowest BCUT2D eigenvalue weighted by molar-refractivity contribution is 0.0953. The smallest absolute Gasteiger partial charge is 0.192 e. The van der Waals surface area contributed by atoms with Crippen molar-refractivity contribution in [1.29, 1.82) is 0 Å². The number of nitrogens with zero attached hydrogens (tertiary/aromatic N) is 4. The standard InChI is InChI=1S/C24H29FN4O3S/c1-16-13-21(17(2)28(16)10-12-31-3)22(30)15-33-24-27-26-23(18-6-8-19(25)9-7-18)29(24)14-20-5-4-11-32-20/h6-9,13,20H,4-5,10-12,14-15H2,1-3H3/t20-/m1/s1. The molecule has 33 heavy (non-hydrogen) atoms. The maximum absolute atomic E-state index is 13.4. The van der Waals surface area contributed by atoms with Crippen LogP contribution in [-0.4, -0.2) is 57.3 Å². The maximum atomic E-state index is 13.4. The Morgan fingerprint density at radius 2 is 2.03 bits per heavy atom. The normalized spacial score (nSPS) is 15.9. The van der Waals surface area contributed by atoms with E-state index in [4.69, 9.17) is 9.47 Å². The molecule has 3 heterocycles. The molecule has 0 aliphatic carbocycles. The zero-order chi connectivity index (χ0) is 23.4. The van der Waals surface area contributed by atoms with Gasteiger partial charge in [-0.15, -0.1) is 10.2 Å². The van der Waals surface area contributed by atoms with Crippen molar-refractivity contribution in [3.8, 4) is 11.4 Å². The maximum Gasteiger partial charge on any atom is 0.192 e. The first-order chi connectivity index (χ1) is 16.0. The van der Waals surface area contributed by atoms with Gasteiger partial charge in [-0.05, 0) is 57.0 Å². The summed E-state index contributed by atoms with van der Waals surface area (Å²) in [6.07, 6.45) is 2.07. The Balaban J connectivity index is 1.54. The number of benzene rings is 1. The Morgan fingerprint density at radius 1 is 1.24 bits per heavy atom. The summed E-state index contributed by atoms with van der Waals surface area (Å²) in [5.74, 6) is 0.652. The summed E-state index contributed by atoms with van der Waals surface area (Å²) in [5.41, 5.74) is 3.49. The monoisotopic (exact) mass is 472 g/mol. The third-order valence-corrected chi connectivity index (χ3v) is 6.92. The fourth-order valence-electron chi connectivity index (χ4n) is 4.18. The van der Waals surface area contributed by atoms with Crippen LogP contribution in [0.5, 0.6) is 0 Å². The molecule has 0 N–H and O–H groups in total. The molecule has 4 rings (SSSR count). The largest absolute Gasteiger partial charge is 0.383 e. The SMILES string of the molecule is COCCn1c(C)cc(C(=O)CSc2nnc(-c3ccc(F)cc3)n2C[C@H]2CCCO2)c1C. The number of thioether (sulfide) groups is 1. The van der Waals surface area contributed by atoms with E-state index in [1.165, 1.54) is 23.9 Å². The molecule has 0 saturated carbocycles. The molecule has 7 nitrogen and oxygen atoms in total. The third-order valence-electron chi connectivity index (χ3n) is 5.95. The first-order valence-electron chi connectivity index (χ1n) is 11.1. The molecule has 9 heteroatoms. The fraction of sp³-hybridized carbons (Fsp3) is 0.458. The molecule has 0 unspecified atom stereocenters. The molecule has 1 fully saturated rings. The van der Waals surface area contributed by atoms with Crippen molar-refractivity contribution in [3.05, 3.63) is 53.1 Å². The molecule has 0 spiro atoms. The second-order valence-corrected chi connectivity index (χ2v) is 9.14. The Kier molecular flexibility index (Phi) is 7.62. The van der Waals surface area contributed by atoms with E-state index in [0.717, 1.165) is 42.0 Å². The second kappa shape index (κ2) is 10.6. The summed E-state index contributed by atoms with van der Waals surface area (Å²) in [4.78, 5) is 13.1. The molecular formula is C24H29FN4O3S. The lowest BCUT2D eigenvalue weighted by atomic mass is 10.2. The van der Waals surface area contributed by atoms with Gasteiger partial charge in [0.05, 0.1) is 25.0 Å². The number of ether oxygens (including phenoxy) is 2. The van der Waals surface area contributed by atoms with Crippen LogP contribution in [-0.2, 0) is 22.6 Å². The molecular weight excluding hydrogens is 443 g/mol. The molecule has 3 aromatic rings. The first-order valence-corrected chi connectivity index (χ1v) is 12.1. The number of aryl methyl sites for hydroxylation is 1. The Labute approximate surface area is 197 Å². The number of hydrogen-bond acceptors (Lipinski definition) is 6. The van der Waals surface area contributed by atoms with Gasteiger partial charge in [-0.3, -0.25) is 9.36 Å². The highest BCUT2D eigenvalue weighted by Gasteiger charge is 2.23. The molecule has 0 bridgehead atoms. The number of methoxy groups -OCH3 is 1. The van der Waals surface area contributed by atoms with Crippen LogP contribution in [0.25, 0.3) is 11.4 Å². The number of hydrogen-bond donors (Lipinski definition) is 0. The van der Waals surface area contributed by atoms with Gasteiger partial charge in [-0.2, -0.15) is 0 Å². The van der Waals surface area contributed by atoms with E-state index in [9.17, 15) is 9.18 Å². The molecule has 1 atom stereocenters. The van der Waals surface area contributed by atoms with Gasteiger partial charge >= 0.3 is 0 Å². The van der Waals surface area contributed by atoms with Crippen molar-refractivity contribution in [2.75, 3.05) is 26.1 Å². The van der Waals surface area contributed by atoms with Gasteiger partial charge in [-0.25, -0.2) is 4.39 Å². The summed E-state index contributed by atoms with van der Waals surface area (Å²) in [7, 11) is 1.67. The van der Waals surface area contributed by atoms with Crippen molar-refractivity contribution in [2.45, 2.75) is 51.0 Å². The minimum absolute atomic E-state index is 0.0479. The van der Waals surface area contributed by atoms with Crippen LogP contribution in [0.4, 0.5) is 4.39 Å². The average molecular weight is 473 g/mol. The lowest BCUT2D eigenvalue weighted by Crippen LogP contribution is -2.17. The lowest BCUT2D eigenvalue weighted by Gasteiger charge is -2.14. The zero-order valence-corrected chi connectivity index (χ0v) is 20.0. The van der Waals surface area contributed by atoms with E-state index in [2.05, 4.69) is 14.8 Å². The number of carbonyl (C=O) groups is 1. The summed E-state index contributed by atoms with van der Waals surface area (Å²) >= 11 is 1.37. The molecule has 1 aliphatic heterocycles. The van der Waals surface area contributed by atoms with E-state index in [0.29, 0.717) is 30.7 Å². The van der Waals surface area contributed by atoms with Crippen molar-refractivity contribution in [1.82, 2.24) is 19.3 Å². The van der Waals surface area contributed by atoms with Crippen molar-refractivity contribution < 1.29 is 18.7 Å². The van der Waals surface area contributed by atoms with E-state index in [-0.39, 0.29) is 23.5 Å². The van der Waals surface area contributed by atoms with Gasteiger partial charge in [0, 0.05) is 42.8 Å². The zero-order valence-electron chi connectivity index (χ0n) is 19.2. The minimum atomic E-state index is -0.299. The Hall–Kier alpha value is -2.49. The van der Waals surface area contributed by atoms with Gasteiger partial charge in [-0.1, -0.05) is 11.8 Å². The van der Waals surface area contributed by atoms with Crippen molar-refractivity contribution >= 4 is 17.5 Å². The highest BCUT2D eigenvalue weighted by atomic mass is 32.2. The van der Waals surface area contributed by atoms with Crippen LogP contribution in [0.15, 0.2) is 35.5 Å². The number of Topliss-reactive ketones (excluding diaryl/α,β-unsaturated/α-hetero) is 1. The number of ketones is 1. The number of halogens is 1. The van der Waals surface area contributed by atoms with Crippen molar-refractivity contribution in [2.24, 2.45) is 0 Å². The number of rotatable bonds is 10. The molecule has 2 aromatic heterocycles. The second-order valence-electron chi connectivity index (χ2n) is 8.20. The Morgan fingerprint density at radius 3 is 2.73 bits per heavy atom. The van der Waals surface area contributed by atoms with Gasteiger partial charge in [0.1, 0.15) is 5.82 Å². The van der Waals surface area contributed by atoms with Crippen LogP contribution in [0, 0.1) is 19.7 Å². The predicted molar refractivity (Wildman–Crippen MR) is 125 cm³/mol. The van der Waals surface area contributed by atoms with Crippen LogP contribution >= 0.6 is 11.8 Å². The molecule has 0 amide bonds. The van der Waals surface area contributed by atoms with Gasteiger partial charge in [0.15, 0.2) is 16.8 Å². The van der Waals surface area contributed by atoms with Crippen LogP contribution in [0.1, 0.15) is 34.6 Å². The molecule has 0 radical (unpaired) electrons. The van der Waals surface area contributed by atoms with E-state index in [1.54, 1.807) is 19.2 Å². The molecule has 1 aromatic carbocycles. The van der Waals surface area contributed by atoms with Crippen LogP contribution < -0.4 is 0 Å². The minimum Gasteiger partial charge on any atom is -0.383 e. The first kappa shape index (κ1) is 23.7. The van der Waals surface area contributed by atoms with E-state index in [1.807, 2.05) is 24.5 Å². The summed E-state index contributed by atoms with van der Waals surface area (Å²) < 4.78 is 28.5. The Bertz CT molecular complexity index is 1100. The summed E-state index contributed by atoms with van der Waals surface area (Å²) in [5, 5.41) is 9.38. The molecule has 1 aliphatic rings. The predicted octanol–water partition coefficient (Wildman–Crippen LogP) is 4.30. The van der Waals surface area contributed by atoms with Crippen LogP contribution in [0.3, 0.4) is 0 Å². The van der Waals surface area contributed by atoms with Crippen LogP contribution in [0.2, 0.25) is 0 Å². The van der Waals surface area contributed by atoms with Gasteiger partial charge in [0.2, 0.25) is 0 Å². The van der Waals surface area contributed by atoms with E-state index >= 15 is 0 Å². The topological polar surface area (TPSA) is 71.2 Å². The average Bonchev–Trinajstić information content (AvgIpc) is 3.52. The van der Waals surface area contributed by atoms with Crippen molar-refractivity contribution in [3.63, 3.8) is 0 Å². The van der Waals surface area contributed by atoms with E-state index < -0.39 is 0 Å². The molecule has 176 valence electrons. The van der Waals surface area contributed by atoms with Gasteiger partial charge in [0.25, 0.3) is 0 Å². The highest BCUT2D eigenvalue weighted by molar-refractivity contribution is 7.99. The summed E-state index contributed by atoms with van der Waals surface area (Å²) in [6, 6.07) is 8.15. The molecule has 1 saturated heterocycles. The van der Waals surface area contributed by atoms with Gasteiger partial charge < -0.3 is 14.0 Å². The fourth-order valence-corrected chi connectivity index (χ4v) is 5.01. The third kappa shape index (κ3) is 5.37. The number of aromatic nitrogens is 4. The quantitative estimate of drug-likeness (QED) is 0.324. The highest BCUT2D eigenvalue weighted by Crippen LogP contribution is 2.28. The number of carbonyl (C=O) groups excluding carboxylic acids is 1.